The van der Waals surface area contributed by atoms with Gasteiger partial charge in [0, 0.05) is 18.9 Å². The normalized spacial score (nSPS) is 12.2. The van der Waals surface area contributed by atoms with Crippen molar-refractivity contribution in [3.8, 4) is 5.75 Å². The lowest BCUT2D eigenvalue weighted by Gasteiger charge is -2.19. The van der Waals surface area contributed by atoms with E-state index in [2.05, 4.69) is 15.0 Å². The van der Waals surface area contributed by atoms with Crippen molar-refractivity contribution in [3.63, 3.8) is 0 Å². The summed E-state index contributed by atoms with van der Waals surface area (Å²) in [6.07, 6.45) is 3.43. The molecule has 0 fully saturated rings. The van der Waals surface area contributed by atoms with Gasteiger partial charge in [0.15, 0.2) is 0 Å². The third kappa shape index (κ3) is 6.27. The molecule has 1 unspecified atom stereocenters. The van der Waals surface area contributed by atoms with Crippen molar-refractivity contribution in [1.82, 2.24) is 15.0 Å². The van der Waals surface area contributed by atoms with Gasteiger partial charge in [-0.1, -0.05) is 41.9 Å². The first-order valence-corrected chi connectivity index (χ1v) is 11.3. The smallest absolute Gasteiger partial charge is 0.241 e. The highest BCUT2D eigenvalue weighted by molar-refractivity contribution is 7.89. The van der Waals surface area contributed by atoms with E-state index in [1.165, 1.54) is 25.3 Å². The zero-order valence-corrected chi connectivity index (χ0v) is 18.4. The molecule has 0 aliphatic rings. The number of carbonyl (C=O) groups is 1. The molecule has 0 aliphatic carbocycles. The van der Waals surface area contributed by atoms with Crippen LogP contribution in [0, 0.1) is 0 Å². The molecule has 1 amide bonds. The minimum Gasteiger partial charge on any atom is -0.495 e. The summed E-state index contributed by atoms with van der Waals surface area (Å²) < 4.78 is 33.5. The van der Waals surface area contributed by atoms with Crippen LogP contribution < -0.4 is 14.8 Å². The number of ether oxygens (including phenoxy) is 1. The molecule has 162 valence electrons. The minimum absolute atomic E-state index is 0.0571. The summed E-state index contributed by atoms with van der Waals surface area (Å²) in [6, 6.07) is 15.8. The summed E-state index contributed by atoms with van der Waals surface area (Å²) in [6.45, 7) is 0.253. The Morgan fingerprint density at radius 1 is 1.06 bits per heavy atom. The van der Waals surface area contributed by atoms with Crippen molar-refractivity contribution in [3.05, 3.63) is 89.2 Å². The largest absolute Gasteiger partial charge is 0.495 e. The van der Waals surface area contributed by atoms with Gasteiger partial charge < -0.3 is 10.1 Å². The summed E-state index contributed by atoms with van der Waals surface area (Å²) in [4.78, 5) is 16.8. The van der Waals surface area contributed by atoms with E-state index in [0.29, 0.717) is 5.75 Å². The van der Waals surface area contributed by atoms with Crippen molar-refractivity contribution in [1.29, 1.82) is 0 Å². The lowest BCUT2D eigenvalue weighted by molar-refractivity contribution is -0.122. The summed E-state index contributed by atoms with van der Waals surface area (Å²) in [5, 5.41) is 2.94. The van der Waals surface area contributed by atoms with E-state index in [1.807, 2.05) is 30.3 Å². The molecule has 0 aliphatic heterocycles. The van der Waals surface area contributed by atoms with Crippen LogP contribution >= 0.6 is 11.6 Å². The summed E-state index contributed by atoms with van der Waals surface area (Å²) in [5.41, 5.74) is 1.67. The second-order valence-electron chi connectivity index (χ2n) is 6.73. The third-order valence-corrected chi connectivity index (χ3v) is 6.31. The van der Waals surface area contributed by atoms with Crippen LogP contribution in [0.25, 0.3) is 0 Å². The molecule has 31 heavy (non-hydrogen) atoms. The van der Waals surface area contributed by atoms with Crippen molar-refractivity contribution in [2.75, 3.05) is 7.11 Å². The molecule has 0 saturated carbocycles. The first-order chi connectivity index (χ1) is 14.9. The van der Waals surface area contributed by atoms with Gasteiger partial charge in [-0.3, -0.25) is 9.78 Å². The average molecular weight is 460 g/mol. The van der Waals surface area contributed by atoms with E-state index in [0.717, 1.165) is 11.1 Å². The van der Waals surface area contributed by atoms with Crippen LogP contribution in [0.15, 0.2) is 78.0 Å². The molecule has 0 saturated heterocycles. The average Bonchev–Trinajstić information content (AvgIpc) is 2.78. The molecule has 0 spiro atoms. The highest BCUT2D eigenvalue weighted by Gasteiger charge is 2.26. The number of carbonyl (C=O) groups excluding carboxylic acids is 1. The maximum Gasteiger partial charge on any atom is 0.241 e. The maximum absolute atomic E-state index is 13.0. The number of rotatable bonds is 9. The Morgan fingerprint density at radius 2 is 1.77 bits per heavy atom. The number of methoxy groups -OCH3 is 1. The van der Waals surface area contributed by atoms with Gasteiger partial charge >= 0.3 is 0 Å². The first kappa shape index (κ1) is 22.7. The Morgan fingerprint density at radius 3 is 2.42 bits per heavy atom. The van der Waals surface area contributed by atoms with Gasteiger partial charge in [-0.05, 0) is 47.9 Å². The highest BCUT2D eigenvalue weighted by Crippen LogP contribution is 2.27. The predicted octanol–water partition coefficient (Wildman–Crippen LogP) is 2.95. The zero-order chi connectivity index (χ0) is 22.3. The second-order valence-corrected chi connectivity index (χ2v) is 8.85. The molecule has 3 aromatic rings. The Kier molecular flexibility index (Phi) is 7.62. The van der Waals surface area contributed by atoms with Crippen molar-refractivity contribution >= 4 is 27.5 Å². The monoisotopic (exact) mass is 459 g/mol. The number of nitrogens with zero attached hydrogens (tertiary/aromatic N) is 1. The first-order valence-electron chi connectivity index (χ1n) is 9.45. The zero-order valence-electron chi connectivity index (χ0n) is 16.8. The maximum atomic E-state index is 13.0. The van der Waals surface area contributed by atoms with E-state index < -0.39 is 22.0 Å². The number of hydrogen-bond donors (Lipinski definition) is 2. The lowest BCUT2D eigenvalue weighted by Crippen LogP contribution is -2.47. The van der Waals surface area contributed by atoms with E-state index in [9.17, 15) is 13.2 Å². The molecule has 0 bridgehead atoms. The number of amides is 1. The summed E-state index contributed by atoms with van der Waals surface area (Å²) in [7, 11) is -2.57. The molecule has 1 heterocycles. The number of hydrogen-bond acceptors (Lipinski definition) is 5. The van der Waals surface area contributed by atoms with Crippen LogP contribution in [-0.2, 0) is 27.8 Å². The van der Waals surface area contributed by atoms with Crippen LogP contribution in [0.4, 0.5) is 0 Å². The quantitative estimate of drug-likeness (QED) is 0.512. The van der Waals surface area contributed by atoms with Gasteiger partial charge in [-0.2, -0.15) is 4.72 Å². The van der Waals surface area contributed by atoms with E-state index >= 15 is 0 Å². The SMILES string of the molecule is COc1ccc(S(=O)(=O)NC(Cc2ccccc2)C(=O)NCc2ccncc2)cc1Cl. The molecule has 2 aromatic carbocycles. The van der Waals surface area contributed by atoms with Crippen LogP contribution in [0.1, 0.15) is 11.1 Å². The van der Waals surface area contributed by atoms with Crippen molar-refractivity contribution < 1.29 is 17.9 Å². The molecule has 9 heteroatoms. The predicted molar refractivity (Wildman–Crippen MR) is 118 cm³/mol. The van der Waals surface area contributed by atoms with Gasteiger partial charge in [0.25, 0.3) is 0 Å². The van der Waals surface area contributed by atoms with Gasteiger partial charge in [-0.25, -0.2) is 8.42 Å². The molecule has 7 nitrogen and oxygen atoms in total. The highest BCUT2D eigenvalue weighted by atomic mass is 35.5. The van der Waals surface area contributed by atoms with Gasteiger partial charge in [0.2, 0.25) is 15.9 Å². The summed E-state index contributed by atoms with van der Waals surface area (Å²) in [5.74, 6) is -0.0830. The number of aromatic nitrogens is 1. The third-order valence-electron chi connectivity index (χ3n) is 4.55. The molecule has 2 N–H and O–H groups in total. The Hall–Kier alpha value is -2.94. The fourth-order valence-electron chi connectivity index (χ4n) is 2.92. The fraction of sp³-hybridized carbons (Fsp3) is 0.182. The van der Waals surface area contributed by atoms with Gasteiger partial charge in [-0.15, -0.1) is 0 Å². The van der Waals surface area contributed by atoms with E-state index in [1.54, 1.807) is 24.5 Å². The van der Waals surface area contributed by atoms with E-state index in [4.69, 9.17) is 16.3 Å². The minimum atomic E-state index is -4.02. The standard InChI is InChI=1S/C22H22ClN3O4S/c1-30-21-8-7-18(14-19(21)23)31(28,29)26-20(13-16-5-3-2-4-6-16)22(27)25-15-17-9-11-24-12-10-17/h2-12,14,20,26H,13,15H2,1H3,(H,25,27). The van der Waals surface area contributed by atoms with Gasteiger partial charge in [0.1, 0.15) is 11.8 Å². The van der Waals surface area contributed by atoms with Crippen molar-refractivity contribution in [2.45, 2.75) is 23.9 Å². The topological polar surface area (TPSA) is 97.4 Å². The number of sulfonamides is 1. The second kappa shape index (κ2) is 10.4. The Bertz CT molecular complexity index is 1130. The number of benzene rings is 2. The van der Waals surface area contributed by atoms with Gasteiger partial charge in [0.05, 0.1) is 17.0 Å². The lowest BCUT2D eigenvalue weighted by atomic mass is 10.1. The van der Waals surface area contributed by atoms with Crippen LogP contribution in [-0.4, -0.2) is 32.5 Å². The molecule has 0 radical (unpaired) electrons. The van der Waals surface area contributed by atoms with Crippen LogP contribution in [0.2, 0.25) is 5.02 Å². The van der Waals surface area contributed by atoms with Crippen molar-refractivity contribution in [2.24, 2.45) is 0 Å². The summed E-state index contributed by atoms with van der Waals surface area (Å²) >= 11 is 6.08. The Labute approximate surface area is 186 Å². The molecule has 3 rings (SSSR count). The molecular weight excluding hydrogens is 438 g/mol. The number of pyridine rings is 1. The van der Waals surface area contributed by atoms with Crippen LogP contribution in [0.3, 0.4) is 0 Å². The van der Waals surface area contributed by atoms with Crippen LogP contribution in [0.5, 0.6) is 5.75 Å². The molecular formula is C22H22ClN3O4S. The Balaban J connectivity index is 1.81. The fourth-order valence-corrected chi connectivity index (χ4v) is 4.46. The molecule has 1 atom stereocenters. The number of halogens is 1. The molecule has 1 aromatic heterocycles. The van der Waals surface area contributed by atoms with E-state index in [-0.39, 0.29) is 22.9 Å². The number of nitrogens with one attached hydrogen (secondary N) is 2.